The van der Waals surface area contributed by atoms with E-state index in [1.165, 1.54) is 32.1 Å². The van der Waals surface area contributed by atoms with Gasteiger partial charge in [0.25, 0.3) is 0 Å². The molecule has 0 bridgehead atoms. The van der Waals surface area contributed by atoms with E-state index in [9.17, 15) is 4.79 Å². The molecular formula is C18H27N3O. The van der Waals surface area contributed by atoms with Crippen molar-refractivity contribution in [3.05, 3.63) is 30.3 Å². The first kappa shape index (κ1) is 15.3. The quantitative estimate of drug-likeness (QED) is 0.930. The zero-order valence-electron chi connectivity index (χ0n) is 13.7. The summed E-state index contributed by atoms with van der Waals surface area (Å²) in [6, 6.07) is 11.1. The van der Waals surface area contributed by atoms with E-state index in [-0.39, 0.29) is 12.1 Å². The minimum atomic E-state index is 0.113. The second-order valence-corrected chi connectivity index (χ2v) is 6.65. The normalized spacial score (nSPS) is 26.5. The number of para-hydroxylation sites is 1. The van der Waals surface area contributed by atoms with Gasteiger partial charge in [0.1, 0.15) is 6.17 Å². The number of hydrogen-bond acceptors (Lipinski definition) is 3. The lowest BCUT2D eigenvalue weighted by molar-refractivity contribution is -0.131. The second kappa shape index (κ2) is 6.69. The second-order valence-electron chi connectivity index (χ2n) is 6.65. The number of rotatable bonds is 3. The van der Waals surface area contributed by atoms with Crippen molar-refractivity contribution in [1.82, 2.24) is 10.3 Å². The molecule has 3 rings (SSSR count). The van der Waals surface area contributed by atoms with Crippen molar-refractivity contribution in [2.24, 2.45) is 0 Å². The largest absolute Gasteiger partial charge is 0.293 e. The first-order valence-corrected chi connectivity index (χ1v) is 8.57. The van der Waals surface area contributed by atoms with Crippen molar-refractivity contribution in [3.63, 3.8) is 0 Å². The van der Waals surface area contributed by atoms with Crippen molar-refractivity contribution in [2.45, 2.75) is 70.6 Å². The molecule has 1 aliphatic heterocycles. The van der Waals surface area contributed by atoms with Gasteiger partial charge < -0.3 is 0 Å². The molecular weight excluding hydrogens is 274 g/mol. The number of anilines is 1. The predicted octanol–water partition coefficient (Wildman–Crippen LogP) is 3.30. The number of benzene rings is 1. The van der Waals surface area contributed by atoms with E-state index in [1.807, 2.05) is 23.2 Å². The van der Waals surface area contributed by atoms with Gasteiger partial charge in [-0.3, -0.25) is 15.1 Å². The maximum absolute atomic E-state index is 12.3. The molecule has 1 aliphatic carbocycles. The highest BCUT2D eigenvalue weighted by molar-refractivity contribution is 5.76. The van der Waals surface area contributed by atoms with E-state index in [1.54, 1.807) is 6.92 Å². The number of amides is 1. The smallest absolute Gasteiger partial charge is 0.239 e. The van der Waals surface area contributed by atoms with Crippen LogP contribution in [-0.2, 0) is 4.79 Å². The summed E-state index contributed by atoms with van der Waals surface area (Å²) >= 11 is 0. The molecule has 120 valence electrons. The standard InChI is InChI=1S/C18H27N3O/c1-14-13-18(19-16-9-5-3-6-10-16)21(15(2)22)20(14)17-11-7-4-8-12-17/h4,7-8,11-12,14,16,18-19H,3,5-6,9-10,13H2,1-2H3/t14-,18+/m1/s1. The minimum Gasteiger partial charge on any atom is -0.293 e. The highest BCUT2D eigenvalue weighted by Gasteiger charge is 2.39. The Labute approximate surface area is 133 Å². The summed E-state index contributed by atoms with van der Waals surface area (Å²) in [7, 11) is 0. The van der Waals surface area contributed by atoms with Crippen molar-refractivity contribution in [3.8, 4) is 0 Å². The average molecular weight is 301 g/mol. The van der Waals surface area contributed by atoms with Crippen molar-refractivity contribution >= 4 is 11.6 Å². The molecule has 4 nitrogen and oxygen atoms in total. The van der Waals surface area contributed by atoms with Crippen LogP contribution in [0.2, 0.25) is 0 Å². The molecule has 1 saturated heterocycles. The Morgan fingerprint density at radius 3 is 2.45 bits per heavy atom. The number of hydrogen-bond donors (Lipinski definition) is 1. The molecule has 1 amide bonds. The Kier molecular flexibility index (Phi) is 4.67. The van der Waals surface area contributed by atoms with Crippen LogP contribution in [0.3, 0.4) is 0 Å². The molecule has 1 aromatic carbocycles. The first-order valence-electron chi connectivity index (χ1n) is 8.57. The SMILES string of the molecule is CC(=O)N1[C@H](NC2CCCCC2)C[C@@H](C)N1c1ccccc1. The average Bonchev–Trinajstić information content (AvgIpc) is 2.85. The Hall–Kier alpha value is -1.55. The summed E-state index contributed by atoms with van der Waals surface area (Å²) in [5.74, 6) is 0.113. The molecule has 0 spiro atoms. The molecule has 0 aromatic heterocycles. The van der Waals surface area contributed by atoms with Gasteiger partial charge in [0, 0.05) is 19.4 Å². The zero-order chi connectivity index (χ0) is 15.5. The van der Waals surface area contributed by atoms with Crippen LogP contribution in [0.4, 0.5) is 5.69 Å². The fourth-order valence-corrected chi connectivity index (χ4v) is 3.90. The maximum Gasteiger partial charge on any atom is 0.239 e. The van der Waals surface area contributed by atoms with Crippen LogP contribution in [0, 0.1) is 0 Å². The van der Waals surface area contributed by atoms with Gasteiger partial charge in [-0.05, 0) is 31.9 Å². The Morgan fingerprint density at radius 2 is 1.82 bits per heavy atom. The lowest BCUT2D eigenvalue weighted by Crippen LogP contribution is -2.53. The summed E-state index contributed by atoms with van der Waals surface area (Å²) in [6.07, 6.45) is 7.54. The predicted molar refractivity (Wildman–Crippen MR) is 89.3 cm³/mol. The number of nitrogens with one attached hydrogen (secondary N) is 1. The van der Waals surface area contributed by atoms with Gasteiger partial charge in [0.15, 0.2) is 0 Å². The van der Waals surface area contributed by atoms with E-state index in [2.05, 4.69) is 29.4 Å². The van der Waals surface area contributed by atoms with E-state index in [0.717, 1.165) is 12.1 Å². The van der Waals surface area contributed by atoms with Crippen LogP contribution in [0.1, 0.15) is 52.4 Å². The molecule has 2 fully saturated rings. The zero-order valence-corrected chi connectivity index (χ0v) is 13.7. The van der Waals surface area contributed by atoms with E-state index in [4.69, 9.17) is 0 Å². The summed E-state index contributed by atoms with van der Waals surface area (Å²) in [5.41, 5.74) is 1.10. The fourth-order valence-electron chi connectivity index (χ4n) is 3.90. The van der Waals surface area contributed by atoms with Crippen LogP contribution in [-0.4, -0.2) is 29.2 Å². The highest BCUT2D eigenvalue weighted by atomic mass is 16.2. The Balaban J connectivity index is 1.78. The van der Waals surface area contributed by atoms with Gasteiger partial charge in [-0.1, -0.05) is 37.5 Å². The van der Waals surface area contributed by atoms with E-state index >= 15 is 0 Å². The van der Waals surface area contributed by atoms with Crippen LogP contribution in [0.25, 0.3) is 0 Å². The molecule has 1 aromatic rings. The van der Waals surface area contributed by atoms with Crippen LogP contribution in [0.5, 0.6) is 0 Å². The number of carbonyl (C=O) groups is 1. The van der Waals surface area contributed by atoms with Crippen molar-refractivity contribution in [1.29, 1.82) is 0 Å². The summed E-state index contributed by atoms with van der Waals surface area (Å²) < 4.78 is 0. The van der Waals surface area contributed by atoms with E-state index < -0.39 is 0 Å². The monoisotopic (exact) mass is 301 g/mol. The van der Waals surface area contributed by atoms with Crippen LogP contribution in [0.15, 0.2) is 30.3 Å². The first-order chi connectivity index (χ1) is 10.7. The molecule has 2 atom stereocenters. The third-order valence-corrected chi connectivity index (χ3v) is 4.89. The molecule has 1 saturated carbocycles. The van der Waals surface area contributed by atoms with E-state index in [0.29, 0.717) is 12.1 Å². The van der Waals surface area contributed by atoms with Gasteiger partial charge in [-0.25, -0.2) is 5.01 Å². The lowest BCUT2D eigenvalue weighted by atomic mass is 9.95. The molecule has 2 aliphatic rings. The minimum absolute atomic E-state index is 0.113. The molecule has 4 heteroatoms. The summed E-state index contributed by atoms with van der Waals surface area (Å²) in [6.45, 7) is 3.87. The van der Waals surface area contributed by atoms with Gasteiger partial charge in [-0.2, -0.15) is 0 Å². The molecule has 1 heterocycles. The van der Waals surface area contributed by atoms with Crippen LogP contribution >= 0.6 is 0 Å². The molecule has 22 heavy (non-hydrogen) atoms. The van der Waals surface area contributed by atoms with Gasteiger partial charge in [-0.15, -0.1) is 0 Å². The number of carbonyl (C=O) groups excluding carboxylic acids is 1. The third-order valence-electron chi connectivity index (χ3n) is 4.89. The topological polar surface area (TPSA) is 35.6 Å². The maximum atomic E-state index is 12.3. The Bertz CT molecular complexity index is 498. The fraction of sp³-hybridized carbons (Fsp3) is 0.611. The number of nitrogens with zero attached hydrogens (tertiary/aromatic N) is 2. The van der Waals surface area contributed by atoms with Gasteiger partial charge in [0.05, 0.1) is 11.7 Å². The lowest BCUT2D eigenvalue weighted by Gasteiger charge is -2.36. The molecule has 0 unspecified atom stereocenters. The molecule has 0 radical (unpaired) electrons. The van der Waals surface area contributed by atoms with Crippen molar-refractivity contribution in [2.75, 3.05) is 5.01 Å². The van der Waals surface area contributed by atoms with Crippen LogP contribution < -0.4 is 10.3 Å². The van der Waals surface area contributed by atoms with Crippen molar-refractivity contribution < 1.29 is 4.79 Å². The highest BCUT2D eigenvalue weighted by Crippen LogP contribution is 2.31. The van der Waals surface area contributed by atoms with Gasteiger partial charge in [0.2, 0.25) is 5.91 Å². The van der Waals surface area contributed by atoms with Gasteiger partial charge >= 0.3 is 0 Å². The number of hydrazine groups is 1. The molecule has 1 N–H and O–H groups in total. The summed E-state index contributed by atoms with van der Waals surface area (Å²) in [4.78, 5) is 12.3. The third kappa shape index (κ3) is 3.12. The summed E-state index contributed by atoms with van der Waals surface area (Å²) in [5, 5.41) is 7.82. The Morgan fingerprint density at radius 1 is 1.14 bits per heavy atom.